The molecule has 0 aliphatic carbocycles. The molecule has 0 bridgehead atoms. The normalized spacial score (nSPS) is 15.5. The highest BCUT2D eigenvalue weighted by Crippen LogP contribution is 2.38. The van der Waals surface area contributed by atoms with Crippen molar-refractivity contribution in [1.82, 2.24) is 0 Å². The van der Waals surface area contributed by atoms with E-state index in [9.17, 15) is 0 Å². The molecule has 0 N–H and O–H groups in total. The standard InChI is InChI=1S/C14H38OSi4/c1-13(2)16(5,6)18(9,10)15-19(11,12)17(7,8)14(3)4/h13-14H,1-12H3. The van der Waals surface area contributed by atoms with E-state index < -0.39 is 30.9 Å². The fraction of sp³-hybridized carbons (Fsp3) is 1.00. The van der Waals surface area contributed by atoms with Crippen molar-refractivity contribution < 1.29 is 4.12 Å². The fourth-order valence-corrected chi connectivity index (χ4v) is 30.9. The zero-order valence-electron chi connectivity index (χ0n) is 15.6. The van der Waals surface area contributed by atoms with E-state index in [2.05, 4.69) is 80.1 Å². The molecule has 0 saturated carbocycles. The molecule has 0 rings (SSSR count). The Balaban J connectivity index is 5.34. The minimum absolute atomic E-state index is 0.822. The fourth-order valence-electron chi connectivity index (χ4n) is 2.29. The molecule has 1 nitrogen and oxygen atoms in total. The zero-order valence-corrected chi connectivity index (χ0v) is 19.6. The lowest BCUT2D eigenvalue weighted by molar-refractivity contribution is 0.577. The Morgan fingerprint density at radius 2 is 0.737 bits per heavy atom. The maximum atomic E-state index is 7.08. The van der Waals surface area contributed by atoms with Gasteiger partial charge in [-0.1, -0.05) is 65.0 Å². The van der Waals surface area contributed by atoms with E-state index in [1.807, 2.05) is 0 Å². The second-order valence-corrected chi connectivity index (χ2v) is 39.9. The van der Waals surface area contributed by atoms with Crippen LogP contribution in [0.4, 0.5) is 0 Å². The van der Waals surface area contributed by atoms with Gasteiger partial charge < -0.3 is 4.12 Å². The summed E-state index contributed by atoms with van der Waals surface area (Å²) in [7, 11) is -5.62. The summed E-state index contributed by atoms with van der Waals surface area (Å²) in [5, 5.41) is 0. The van der Waals surface area contributed by atoms with Crippen LogP contribution < -0.4 is 0 Å². The minimum atomic E-state index is -1.55. The number of hydrogen-bond donors (Lipinski definition) is 0. The zero-order chi connectivity index (χ0) is 15.9. The molecule has 0 radical (unpaired) electrons. The molecule has 0 amide bonds. The average molecular weight is 335 g/mol. The second kappa shape index (κ2) is 5.91. The van der Waals surface area contributed by atoms with Crippen LogP contribution in [0.5, 0.6) is 0 Å². The molecule has 0 unspecified atom stereocenters. The van der Waals surface area contributed by atoms with Gasteiger partial charge in [-0.2, -0.15) is 0 Å². The van der Waals surface area contributed by atoms with E-state index in [0.29, 0.717) is 0 Å². The summed E-state index contributed by atoms with van der Waals surface area (Å²) in [6, 6.07) is 0. The van der Waals surface area contributed by atoms with E-state index >= 15 is 0 Å². The summed E-state index contributed by atoms with van der Waals surface area (Å²) in [4.78, 5) is 0. The highest BCUT2D eigenvalue weighted by molar-refractivity contribution is 7.45. The van der Waals surface area contributed by atoms with Gasteiger partial charge in [0.25, 0.3) is 0 Å². The molecule has 0 heterocycles. The third-order valence-electron chi connectivity index (χ3n) is 6.50. The third-order valence-corrected chi connectivity index (χ3v) is 46.5. The van der Waals surface area contributed by atoms with Crippen LogP contribution in [0, 0.1) is 0 Å². The molecule has 0 aromatic heterocycles. The van der Waals surface area contributed by atoms with Crippen molar-refractivity contribution >= 4 is 30.9 Å². The van der Waals surface area contributed by atoms with Gasteiger partial charge >= 0.3 is 0 Å². The Morgan fingerprint density at radius 1 is 0.526 bits per heavy atom. The summed E-state index contributed by atoms with van der Waals surface area (Å²) in [6.45, 7) is 29.8. The molecule has 5 heteroatoms. The Hall–Kier alpha value is 0.828. The van der Waals surface area contributed by atoms with Crippen molar-refractivity contribution in [2.45, 2.75) is 91.2 Å². The first-order valence-electron chi connectivity index (χ1n) is 7.79. The van der Waals surface area contributed by atoms with Crippen LogP contribution in [0.2, 0.25) is 63.5 Å². The lowest BCUT2D eigenvalue weighted by Crippen LogP contribution is -2.69. The van der Waals surface area contributed by atoms with Gasteiger partial charge in [-0.25, -0.2) is 0 Å². The monoisotopic (exact) mass is 334 g/mol. The van der Waals surface area contributed by atoms with Gasteiger partial charge in [0.15, 0.2) is 15.7 Å². The molecule has 19 heavy (non-hydrogen) atoms. The summed E-state index contributed by atoms with van der Waals surface area (Å²) < 4.78 is 7.08. The average Bonchev–Trinajstić information content (AvgIpc) is 2.14. The quantitative estimate of drug-likeness (QED) is 0.557. The molecular formula is C14H38OSi4. The highest BCUT2D eigenvalue weighted by atomic mass is 29.3. The van der Waals surface area contributed by atoms with Gasteiger partial charge in [0.2, 0.25) is 0 Å². The van der Waals surface area contributed by atoms with Crippen LogP contribution >= 0.6 is 0 Å². The number of rotatable bonds is 6. The Morgan fingerprint density at radius 3 is 0.895 bits per heavy atom. The van der Waals surface area contributed by atoms with Crippen LogP contribution in [0.15, 0.2) is 0 Å². The first-order valence-corrected chi connectivity index (χ1v) is 21.8. The Kier molecular flexibility index (Phi) is 6.16. The minimum Gasteiger partial charge on any atom is -0.460 e. The summed E-state index contributed by atoms with van der Waals surface area (Å²) in [5.41, 5.74) is 1.64. The van der Waals surface area contributed by atoms with Crippen molar-refractivity contribution in [2.24, 2.45) is 0 Å². The van der Waals surface area contributed by atoms with Crippen molar-refractivity contribution in [3.63, 3.8) is 0 Å². The summed E-state index contributed by atoms with van der Waals surface area (Å²) in [5.74, 6) is 0. The molecular weight excluding hydrogens is 296 g/mol. The van der Waals surface area contributed by atoms with E-state index in [0.717, 1.165) is 11.1 Å². The van der Waals surface area contributed by atoms with E-state index in [1.54, 1.807) is 0 Å². The van der Waals surface area contributed by atoms with Crippen molar-refractivity contribution in [1.29, 1.82) is 0 Å². The SMILES string of the molecule is CC(C)[Si](C)(C)[Si](C)(C)O[Si](C)(C)[Si](C)(C)C(C)C. The predicted molar refractivity (Wildman–Crippen MR) is 101 cm³/mol. The maximum absolute atomic E-state index is 7.08. The molecule has 0 spiro atoms. The van der Waals surface area contributed by atoms with Gasteiger partial charge in [0, 0.05) is 0 Å². The topological polar surface area (TPSA) is 9.23 Å². The Labute approximate surface area is 126 Å². The van der Waals surface area contributed by atoms with Gasteiger partial charge in [0.1, 0.15) is 0 Å². The predicted octanol–water partition coefficient (Wildman–Crippen LogP) is 5.81. The largest absolute Gasteiger partial charge is 0.460 e. The molecule has 0 aromatic rings. The van der Waals surface area contributed by atoms with Gasteiger partial charge in [-0.15, -0.1) is 0 Å². The van der Waals surface area contributed by atoms with Crippen molar-refractivity contribution in [2.75, 3.05) is 0 Å². The molecule has 0 aliphatic rings. The van der Waals surface area contributed by atoms with Crippen LogP contribution in [-0.4, -0.2) is 30.9 Å². The first-order chi connectivity index (χ1) is 8.09. The summed E-state index contributed by atoms with van der Waals surface area (Å²) >= 11 is 0. The van der Waals surface area contributed by atoms with Gasteiger partial charge in [-0.3, -0.25) is 0 Å². The van der Waals surface area contributed by atoms with Crippen molar-refractivity contribution in [3.8, 4) is 0 Å². The van der Waals surface area contributed by atoms with Crippen LogP contribution in [0.3, 0.4) is 0 Å². The first kappa shape index (κ1) is 19.8. The Bertz CT molecular complexity index is 277. The van der Waals surface area contributed by atoms with Gasteiger partial charge in [0.05, 0.1) is 15.2 Å². The lowest BCUT2D eigenvalue weighted by Gasteiger charge is -2.50. The van der Waals surface area contributed by atoms with E-state index in [4.69, 9.17) is 4.12 Å². The lowest BCUT2D eigenvalue weighted by atomic mass is 10.6. The molecule has 0 atom stereocenters. The molecule has 0 aliphatic heterocycles. The van der Waals surface area contributed by atoms with E-state index in [1.165, 1.54) is 0 Å². The third kappa shape index (κ3) is 3.93. The van der Waals surface area contributed by atoms with Gasteiger partial charge in [-0.05, 0) is 26.2 Å². The van der Waals surface area contributed by atoms with E-state index in [-0.39, 0.29) is 0 Å². The number of hydrogen-bond acceptors (Lipinski definition) is 1. The maximum Gasteiger partial charge on any atom is 0.160 e. The second-order valence-electron chi connectivity index (χ2n) is 8.88. The molecule has 116 valence electrons. The molecule has 0 fully saturated rings. The van der Waals surface area contributed by atoms with Crippen LogP contribution in [-0.2, 0) is 4.12 Å². The smallest absolute Gasteiger partial charge is 0.160 e. The highest BCUT2D eigenvalue weighted by Gasteiger charge is 2.53. The molecule has 0 saturated heterocycles. The molecule has 0 aromatic carbocycles. The summed E-state index contributed by atoms with van der Waals surface area (Å²) in [6.07, 6.45) is 0. The van der Waals surface area contributed by atoms with Crippen LogP contribution in [0.1, 0.15) is 27.7 Å². The van der Waals surface area contributed by atoms with Crippen molar-refractivity contribution in [3.05, 3.63) is 0 Å². The van der Waals surface area contributed by atoms with Crippen LogP contribution in [0.25, 0.3) is 0 Å².